The summed E-state index contributed by atoms with van der Waals surface area (Å²) < 4.78 is 5.21. The molecule has 1 aromatic heterocycles. The van der Waals surface area contributed by atoms with Gasteiger partial charge in [-0.3, -0.25) is 4.79 Å². The number of halogens is 1. The molecule has 7 heteroatoms. The fourth-order valence-corrected chi connectivity index (χ4v) is 2.31. The smallest absolute Gasteiger partial charge is 0.407 e. The molecular formula is C15H20ClN3O3. The Morgan fingerprint density at radius 2 is 2.14 bits per heavy atom. The van der Waals surface area contributed by atoms with Crippen LogP contribution in [-0.4, -0.2) is 46.6 Å². The first-order chi connectivity index (χ1) is 10.2. The van der Waals surface area contributed by atoms with Crippen LogP contribution in [0, 0.1) is 0 Å². The first kappa shape index (κ1) is 16.5. The second-order valence-corrected chi connectivity index (χ2v) is 6.68. The Morgan fingerprint density at radius 3 is 2.73 bits per heavy atom. The van der Waals surface area contributed by atoms with Crippen molar-refractivity contribution in [3.8, 4) is 0 Å². The van der Waals surface area contributed by atoms with Crippen molar-refractivity contribution in [3.63, 3.8) is 0 Å². The summed E-state index contributed by atoms with van der Waals surface area (Å²) in [6.45, 7) is 6.45. The highest BCUT2D eigenvalue weighted by molar-refractivity contribution is 6.30. The van der Waals surface area contributed by atoms with Crippen molar-refractivity contribution < 1.29 is 14.3 Å². The molecule has 2 amide bonds. The second kappa shape index (κ2) is 6.52. The number of aromatic nitrogens is 1. The van der Waals surface area contributed by atoms with E-state index in [-0.39, 0.29) is 11.9 Å². The Kier molecular flexibility index (Phi) is 4.90. The molecule has 1 N–H and O–H groups in total. The Hall–Kier alpha value is -1.82. The van der Waals surface area contributed by atoms with Gasteiger partial charge in [0.2, 0.25) is 0 Å². The van der Waals surface area contributed by atoms with Crippen LogP contribution in [-0.2, 0) is 4.74 Å². The highest BCUT2D eigenvalue weighted by atomic mass is 35.5. The number of hydrogen-bond donors (Lipinski definition) is 1. The molecule has 120 valence electrons. The maximum atomic E-state index is 12.3. The van der Waals surface area contributed by atoms with Gasteiger partial charge in [0.15, 0.2) is 0 Å². The van der Waals surface area contributed by atoms with Gasteiger partial charge in [-0.1, -0.05) is 11.6 Å². The van der Waals surface area contributed by atoms with E-state index in [9.17, 15) is 9.59 Å². The summed E-state index contributed by atoms with van der Waals surface area (Å²) in [5, 5.41) is 3.27. The molecule has 1 aliphatic heterocycles. The molecule has 22 heavy (non-hydrogen) atoms. The number of carbonyl (C=O) groups is 2. The number of carbonyl (C=O) groups excluding carboxylic acids is 2. The average Bonchev–Trinajstić information content (AvgIpc) is 2.85. The molecule has 0 aliphatic carbocycles. The summed E-state index contributed by atoms with van der Waals surface area (Å²) in [4.78, 5) is 29.7. The summed E-state index contributed by atoms with van der Waals surface area (Å²) in [6, 6.07) is 3.12. The predicted molar refractivity (Wildman–Crippen MR) is 82.9 cm³/mol. The normalized spacial score (nSPS) is 18.2. The van der Waals surface area contributed by atoms with Crippen molar-refractivity contribution in [2.45, 2.75) is 38.8 Å². The van der Waals surface area contributed by atoms with Crippen molar-refractivity contribution in [1.29, 1.82) is 0 Å². The number of nitrogens with one attached hydrogen (secondary N) is 1. The molecule has 0 aromatic carbocycles. The lowest BCUT2D eigenvalue weighted by molar-refractivity contribution is 0.0502. The van der Waals surface area contributed by atoms with Gasteiger partial charge in [0, 0.05) is 19.3 Å². The molecule has 6 nitrogen and oxygen atoms in total. The first-order valence-corrected chi connectivity index (χ1v) is 7.53. The average molecular weight is 326 g/mol. The molecule has 1 aromatic rings. The minimum atomic E-state index is -0.536. The van der Waals surface area contributed by atoms with Crippen LogP contribution in [0.15, 0.2) is 18.3 Å². The summed E-state index contributed by atoms with van der Waals surface area (Å²) >= 11 is 5.76. The fraction of sp³-hybridized carbons (Fsp3) is 0.533. The quantitative estimate of drug-likeness (QED) is 0.906. The Labute approximate surface area is 134 Å². The van der Waals surface area contributed by atoms with Crippen LogP contribution in [0.25, 0.3) is 0 Å². The van der Waals surface area contributed by atoms with Crippen molar-refractivity contribution in [3.05, 3.63) is 29.0 Å². The van der Waals surface area contributed by atoms with Gasteiger partial charge in [-0.2, -0.15) is 0 Å². The lowest BCUT2D eigenvalue weighted by atomic mass is 10.2. The fourth-order valence-electron chi connectivity index (χ4n) is 2.20. The van der Waals surface area contributed by atoms with E-state index >= 15 is 0 Å². The summed E-state index contributed by atoms with van der Waals surface area (Å²) in [6.07, 6.45) is 1.68. The lowest BCUT2D eigenvalue weighted by Crippen LogP contribution is -2.41. The van der Waals surface area contributed by atoms with E-state index in [0.29, 0.717) is 30.2 Å². The molecule has 1 atom stereocenters. The van der Waals surface area contributed by atoms with E-state index in [1.165, 1.54) is 6.20 Å². The third kappa shape index (κ3) is 4.59. The van der Waals surface area contributed by atoms with Gasteiger partial charge in [0.05, 0.1) is 11.1 Å². The minimum Gasteiger partial charge on any atom is -0.444 e. The van der Waals surface area contributed by atoms with Crippen molar-refractivity contribution in [1.82, 2.24) is 15.2 Å². The van der Waals surface area contributed by atoms with Crippen LogP contribution >= 0.6 is 11.6 Å². The third-order valence-electron chi connectivity index (χ3n) is 3.14. The second-order valence-electron chi connectivity index (χ2n) is 6.24. The van der Waals surface area contributed by atoms with E-state index in [1.54, 1.807) is 17.0 Å². The Morgan fingerprint density at radius 1 is 1.41 bits per heavy atom. The van der Waals surface area contributed by atoms with Crippen LogP contribution in [0.5, 0.6) is 0 Å². The van der Waals surface area contributed by atoms with Crippen molar-refractivity contribution in [2.24, 2.45) is 0 Å². The predicted octanol–water partition coefficient (Wildman–Crippen LogP) is 2.47. The molecule has 0 spiro atoms. The lowest BCUT2D eigenvalue weighted by Gasteiger charge is -2.22. The zero-order valence-electron chi connectivity index (χ0n) is 12.9. The van der Waals surface area contributed by atoms with Crippen LogP contribution in [0.1, 0.15) is 37.7 Å². The van der Waals surface area contributed by atoms with Gasteiger partial charge in [0.1, 0.15) is 11.3 Å². The topological polar surface area (TPSA) is 71.5 Å². The van der Waals surface area contributed by atoms with Crippen LogP contribution < -0.4 is 5.32 Å². The minimum absolute atomic E-state index is 0.105. The Bertz CT molecular complexity index is 554. The molecule has 1 fully saturated rings. The standard InChI is InChI=1S/C15H20ClN3O3/c1-15(2,3)22-14(21)18-11-6-7-19(9-11)13(20)12-5-4-10(16)8-17-12/h4-5,8,11H,6-7,9H2,1-3H3,(H,18,21). The summed E-state index contributed by atoms with van der Waals surface area (Å²) in [7, 11) is 0. The van der Waals surface area contributed by atoms with Crippen LogP contribution in [0.3, 0.4) is 0 Å². The van der Waals surface area contributed by atoms with Gasteiger partial charge in [-0.15, -0.1) is 0 Å². The number of likely N-dealkylation sites (tertiary alicyclic amines) is 1. The van der Waals surface area contributed by atoms with Gasteiger partial charge in [0.25, 0.3) is 5.91 Å². The highest BCUT2D eigenvalue weighted by Gasteiger charge is 2.29. The van der Waals surface area contributed by atoms with E-state index < -0.39 is 11.7 Å². The molecule has 1 saturated heterocycles. The molecule has 0 radical (unpaired) electrons. The molecule has 0 bridgehead atoms. The first-order valence-electron chi connectivity index (χ1n) is 7.15. The maximum absolute atomic E-state index is 12.3. The maximum Gasteiger partial charge on any atom is 0.407 e. The van der Waals surface area contributed by atoms with E-state index in [4.69, 9.17) is 16.3 Å². The van der Waals surface area contributed by atoms with Crippen molar-refractivity contribution in [2.75, 3.05) is 13.1 Å². The Balaban J connectivity index is 1.88. The monoisotopic (exact) mass is 325 g/mol. The molecule has 1 aliphatic rings. The largest absolute Gasteiger partial charge is 0.444 e. The van der Waals surface area contributed by atoms with E-state index in [2.05, 4.69) is 10.3 Å². The van der Waals surface area contributed by atoms with E-state index in [0.717, 1.165) is 0 Å². The molecule has 2 rings (SSSR count). The summed E-state index contributed by atoms with van der Waals surface area (Å²) in [5.74, 6) is -0.162. The van der Waals surface area contributed by atoms with Gasteiger partial charge >= 0.3 is 6.09 Å². The number of hydrogen-bond acceptors (Lipinski definition) is 4. The molecular weight excluding hydrogens is 306 g/mol. The number of pyridine rings is 1. The molecule has 2 heterocycles. The number of alkyl carbamates (subject to hydrolysis) is 1. The highest BCUT2D eigenvalue weighted by Crippen LogP contribution is 2.15. The van der Waals surface area contributed by atoms with Gasteiger partial charge in [-0.05, 0) is 39.3 Å². The van der Waals surface area contributed by atoms with Crippen LogP contribution in [0.4, 0.5) is 4.79 Å². The molecule has 0 saturated carbocycles. The third-order valence-corrected chi connectivity index (χ3v) is 3.37. The number of ether oxygens (including phenoxy) is 1. The number of rotatable bonds is 2. The SMILES string of the molecule is CC(C)(C)OC(=O)NC1CCN(C(=O)c2ccc(Cl)cn2)C1. The van der Waals surface area contributed by atoms with Crippen LogP contribution in [0.2, 0.25) is 5.02 Å². The summed E-state index contributed by atoms with van der Waals surface area (Å²) in [5.41, 5.74) is -0.187. The van der Waals surface area contributed by atoms with Crippen molar-refractivity contribution >= 4 is 23.6 Å². The zero-order valence-corrected chi connectivity index (χ0v) is 13.7. The zero-order chi connectivity index (χ0) is 16.3. The van der Waals surface area contributed by atoms with Gasteiger partial charge in [-0.25, -0.2) is 9.78 Å². The molecule has 1 unspecified atom stereocenters. The van der Waals surface area contributed by atoms with Gasteiger partial charge < -0.3 is 15.0 Å². The number of amides is 2. The van der Waals surface area contributed by atoms with E-state index in [1.807, 2.05) is 20.8 Å². The number of nitrogens with zero attached hydrogens (tertiary/aromatic N) is 2.